The van der Waals surface area contributed by atoms with Crippen LogP contribution in [0.3, 0.4) is 0 Å². The molecule has 1 saturated heterocycles. The summed E-state index contributed by atoms with van der Waals surface area (Å²) in [6.07, 6.45) is 2.60. The Morgan fingerprint density at radius 3 is 3.13 bits per heavy atom. The molecule has 15 heavy (non-hydrogen) atoms. The molecule has 3 nitrogen and oxygen atoms in total. The van der Waals surface area contributed by atoms with Gasteiger partial charge in [0.1, 0.15) is 0 Å². The van der Waals surface area contributed by atoms with Gasteiger partial charge in [-0.25, -0.2) is 4.98 Å². The Hall–Kier alpha value is -0.450. The Morgan fingerprint density at radius 1 is 1.60 bits per heavy atom. The van der Waals surface area contributed by atoms with Crippen molar-refractivity contribution in [2.75, 3.05) is 19.8 Å². The average molecular weight is 224 g/mol. The van der Waals surface area contributed by atoms with Gasteiger partial charge in [-0.05, 0) is 12.8 Å². The van der Waals surface area contributed by atoms with Crippen LogP contribution in [0.25, 0.3) is 0 Å². The highest BCUT2D eigenvalue weighted by molar-refractivity contribution is 7.09. The molecule has 1 aromatic rings. The Bertz CT molecular complexity index is 353. The van der Waals surface area contributed by atoms with E-state index in [-0.39, 0.29) is 0 Å². The number of morpholine rings is 1. The van der Waals surface area contributed by atoms with Crippen molar-refractivity contribution in [1.29, 1.82) is 0 Å². The largest absolute Gasteiger partial charge is 0.378 e. The van der Waals surface area contributed by atoms with Crippen LogP contribution in [0.15, 0.2) is 5.38 Å². The minimum atomic E-state index is 0.311. The van der Waals surface area contributed by atoms with E-state index in [2.05, 4.69) is 17.6 Å². The molecule has 0 spiro atoms. The lowest BCUT2D eigenvalue weighted by Gasteiger charge is -2.22. The Morgan fingerprint density at radius 2 is 2.47 bits per heavy atom. The molecule has 0 bridgehead atoms. The molecule has 0 radical (unpaired) electrons. The van der Waals surface area contributed by atoms with Crippen molar-refractivity contribution in [2.45, 2.75) is 31.2 Å². The fourth-order valence-corrected chi connectivity index (χ4v) is 2.98. The van der Waals surface area contributed by atoms with Crippen LogP contribution in [-0.2, 0) is 10.2 Å². The molecule has 1 aliphatic carbocycles. The van der Waals surface area contributed by atoms with Gasteiger partial charge >= 0.3 is 0 Å². The number of hydrogen-bond donors (Lipinski definition) is 1. The predicted octanol–water partition coefficient (Wildman–Crippen LogP) is 1.86. The second-order valence-electron chi connectivity index (χ2n) is 4.72. The molecule has 1 saturated carbocycles. The standard InChI is InChI=1S/C11H16N2OS/c1-11(2-3-11)10-13-9(7-15-10)8-6-14-5-4-12-8/h7-8,12H,2-6H2,1H3. The summed E-state index contributed by atoms with van der Waals surface area (Å²) in [6.45, 7) is 4.83. The molecule has 2 aliphatic rings. The highest BCUT2D eigenvalue weighted by atomic mass is 32.1. The summed E-state index contributed by atoms with van der Waals surface area (Å²) in [6, 6.07) is 0.311. The molecule has 1 N–H and O–H groups in total. The number of nitrogens with zero attached hydrogens (tertiary/aromatic N) is 1. The van der Waals surface area contributed by atoms with E-state index < -0.39 is 0 Å². The van der Waals surface area contributed by atoms with E-state index in [0.29, 0.717) is 11.5 Å². The quantitative estimate of drug-likeness (QED) is 0.832. The first-order valence-electron chi connectivity index (χ1n) is 5.55. The number of rotatable bonds is 2. The lowest BCUT2D eigenvalue weighted by Crippen LogP contribution is -2.34. The lowest BCUT2D eigenvalue weighted by molar-refractivity contribution is 0.0757. The van der Waals surface area contributed by atoms with Gasteiger partial charge in [-0.15, -0.1) is 11.3 Å². The summed E-state index contributed by atoms with van der Waals surface area (Å²) in [4.78, 5) is 4.74. The maximum Gasteiger partial charge on any atom is 0.0988 e. The van der Waals surface area contributed by atoms with Crippen LogP contribution in [0.4, 0.5) is 0 Å². The average Bonchev–Trinajstić information content (AvgIpc) is 2.85. The molecule has 82 valence electrons. The number of nitrogens with one attached hydrogen (secondary N) is 1. The topological polar surface area (TPSA) is 34.1 Å². The molecule has 1 aliphatic heterocycles. The van der Waals surface area contributed by atoms with Crippen molar-refractivity contribution in [3.63, 3.8) is 0 Å². The monoisotopic (exact) mass is 224 g/mol. The number of hydrogen-bond acceptors (Lipinski definition) is 4. The molecular formula is C11H16N2OS. The molecule has 2 fully saturated rings. The summed E-state index contributed by atoms with van der Waals surface area (Å²) < 4.78 is 5.45. The molecular weight excluding hydrogens is 208 g/mol. The molecule has 4 heteroatoms. The lowest BCUT2D eigenvalue weighted by atomic mass is 10.1. The van der Waals surface area contributed by atoms with Gasteiger partial charge in [0.2, 0.25) is 0 Å². The van der Waals surface area contributed by atoms with Gasteiger partial charge in [-0.1, -0.05) is 6.92 Å². The van der Waals surface area contributed by atoms with Crippen LogP contribution in [0.1, 0.15) is 36.5 Å². The van der Waals surface area contributed by atoms with Gasteiger partial charge in [0, 0.05) is 17.3 Å². The van der Waals surface area contributed by atoms with Crippen LogP contribution in [-0.4, -0.2) is 24.7 Å². The van der Waals surface area contributed by atoms with E-state index in [4.69, 9.17) is 9.72 Å². The van der Waals surface area contributed by atoms with Crippen molar-refractivity contribution in [3.8, 4) is 0 Å². The van der Waals surface area contributed by atoms with Crippen molar-refractivity contribution in [1.82, 2.24) is 10.3 Å². The Balaban J connectivity index is 1.77. The van der Waals surface area contributed by atoms with Gasteiger partial charge in [-0.3, -0.25) is 0 Å². The van der Waals surface area contributed by atoms with Gasteiger partial charge < -0.3 is 10.1 Å². The summed E-state index contributed by atoms with van der Waals surface area (Å²) in [7, 11) is 0. The predicted molar refractivity (Wildman–Crippen MR) is 60.3 cm³/mol. The highest BCUT2D eigenvalue weighted by Gasteiger charge is 2.42. The van der Waals surface area contributed by atoms with Crippen LogP contribution in [0, 0.1) is 0 Å². The van der Waals surface area contributed by atoms with E-state index in [9.17, 15) is 0 Å². The number of ether oxygens (including phenoxy) is 1. The zero-order valence-corrected chi connectivity index (χ0v) is 9.77. The molecule has 0 amide bonds. The zero-order valence-electron chi connectivity index (χ0n) is 8.95. The van der Waals surface area contributed by atoms with Crippen LogP contribution in [0.5, 0.6) is 0 Å². The molecule has 1 atom stereocenters. The smallest absolute Gasteiger partial charge is 0.0988 e. The second-order valence-corrected chi connectivity index (χ2v) is 5.58. The van der Waals surface area contributed by atoms with Gasteiger partial charge in [-0.2, -0.15) is 0 Å². The van der Waals surface area contributed by atoms with Gasteiger partial charge in [0.05, 0.1) is 30.0 Å². The summed E-state index contributed by atoms with van der Waals surface area (Å²) in [5.41, 5.74) is 1.57. The van der Waals surface area contributed by atoms with E-state index in [1.807, 2.05) is 0 Å². The fraction of sp³-hybridized carbons (Fsp3) is 0.727. The number of thiazole rings is 1. The van der Waals surface area contributed by atoms with E-state index >= 15 is 0 Å². The zero-order chi connectivity index (χ0) is 10.3. The SMILES string of the molecule is CC1(c2nc(C3COCCN3)cs2)CC1. The number of aromatic nitrogens is 1. The molecule has 1 aromatic heterocycles. The summed E-state index contributed by atoms with van der Waals surface area (Å²) >= 11 is 1.81. The molecule has 1 unspecified atom stereocenters. The first kappa shape index (κ1) is 9.75. The maximum absolute atomic E-state index is 5.45. The van der Waals surface area contributed by atoms with Gasteiger partial charge in [0.15, 0.2) is 0 Å². The minimum Gasteiger partial charge on any atom is -0.378 e. The van der Waals surface area contributed by atoms with Crippen molar-refractivity contribution >= 4 is 11.3 Å². The first-order chi connectivity index (χ1) is 7.28. The van der Waals surface area contributed by atoms with E-state index in [1.54, 1.807) is 11.3 Å². The third-order valence-corrected chi connectivity index (χ3v) is 4.48. The Kier molecular flexibility index (Phi) is 2.30. The minimum absolute atomic E-state index is 0.311. The summed E-state index contributed by atoms with van der Waals surface area (Å²) in [5, 5.41) is 6.94. The molecule has 2 heterocycles. The summed E-state index contributed by atoms with van der Waals surface area (Å²) in [5.74, 6) is 0. The highest BCUT2D eigenvalue weighted by Crippen LogP contribution is 2.48. The van der Waals surface area contributed by atoms with Crippen LogP contribution in [0.2, 0.25) is 0 Å². The fourth-order valence-electron chi connectivity index (χ4n) is 1.88. The van der Waals surface area contributed by atoms with Crippen molar-refractivity contribution in [2.24, 2.45) is 0 Å². The Labute approximate surface area is 93.9 Å². The third kappa shape index (κ3) is 1.82. The molecule has 3 rings (SSSR count). The van der Waals surface area contributed by atoms with E-state index in [0.717, 1.165) is 19.8 Å². The van der Waals surface area contributed by atoms with Crippen molar-refractivity contribution in [3.05, 3.63) is 16.1 Å². The maximum atomic E-state index is 5.45. The van der Waals surface area contributed by atoms with Gasteiger partial charge in [0.25, 0.3) is 0 Å². The van der Waals surface area contributed by atoms with E-state index in [1.165, 1.54) is 23.5 Å². The second kappa shape index (κ2) is 3.54. The molecule has 0 aromatic carbocycles. The normalized spacial score (nSPS) is 29.0. The van der Waals surface area contributed by atoms with Crippen LogP contribution < -0.4 is 5.32 Å². The van der Waals surface area contributed by atoms with Crippen molar-refractivity contribution < 1.29 is 4.74 Å². The third-order valence-electron chi connectivity index (χ3n) is 3.32. The van der Waals surface area contributed by atoms with Crippen LogP contribution >= 0.6 is 11.3 Å². The first-order valence-corrected chi connectivity index (χ1v) is 6.43.